The number of carbonyl (C=O) groups is 2. The van der Waals surface area contributed by atoms with E-state index in [0.29, 0.717) is 23.5 Å². The predicted molar refractivity (Wildman–Crippen MR) is 83.4 cm³/mol. The molecule has 0 N–H and O–H groups in total. The summed E-state index contributed by atoms with van der Waals surface area (Å²) in [6, 6.07) is 14.1. The van der Waals surface area contributed by atoms with Crippen LogP contribution in [-0.2, 0) is 11.3 Å². The van der Waals surface area contributed by atoms with Crippen LogP contribution in [0.2, 0.25) is 0 Å². The molecule has 22 heavy (non-hydrogen) atoms. The van der Waals surface area contributed by atoms with Gasteiger partial charge < -0.3 is 9.47 Å². The van der Waals surface area contributed by atoms with E-state index in [1.54, 1.807) is 43.5 Å². The number of hydrogen-bond donors (Lipinski definition) is 0. The highest BCUT2D eigenvalue weighted by Crippen LogP contribution is 2.12. The third-order valence-corrected chi connectivity index (χ3v) is 3.27. The minimum Gasteiger partial charge on any atom is -0.497 e. The first-order valence-corrected chi connectivity index (χ1v) is 6.95. The summed E-state index contributed by atoms with van der Waals surface area (Å²) < 4.78 is 10.5. The highest BCUT2D eigenvalue weighted by atomic mass is 16.5. The Labute approximate surface area is 129 Å². The fourth-order valence-corrected chi connectivity index (χ4v) is 1.96. The summed E-state index contributed by atoms with van der Waals surface area (Å²) in [5.41, 5.74) is 2.18. The van der Waals surface area contributed by atoms with Crippen molar-refractivity contribution in [2.24, 2.45) is 0 Å². The van der Waals surface area contributed by atoms with Gasteiger partial charge in [-0.1, -0.05) is 24.3 Å². The molecule has 0 fully saturated rings. The van der Waals surface area contributed by atoms with E-state index in [9.17, 15) is 9.59 Å². The topological polar surface area (TPSA) is 52.6 Å². The van der Waals surface area contributed by atoms with Crippen molar-refractivity contribution in [3.05, 3.63) is 65.2 Å². The van der Waals surface area contributed by atoms with Crippen LogP contribution in [0.25, 0.3) is 0 Å². The molecule has 0 saturated carbocycles. The van der Waals surface area contributed by atoms with Crippen molar-refractivity contribution in [3.63, 3.8) is 0 Å². The van der Waals surface area contributed by atoms with Crippen LogP contribution in [0.15, 0.2) is 48.5 Å². The average molecular weight is 298 g/mol. The minimum absolute atomic E-state index is 0.0147. The van der Waals surface area contributed by atoms with Gasteiger partial charge >= 0.3 is 0 Å². The van der Waals surface area contributed by atoms with Gasteiger partial charge in [-0.2, -0.15) is 0 Å². The van der Waals surface area contributed by atoms with E-state index in [4.69, 9.17) is 9.47 Å². The lowest BCUT2D eigenvalue weighted by atomic mass is 10.1. The van der Waals surface area contributed by atoms with Gasteiger partial charge in [-0.05, 0) is 36.8 Å². The summed E-state index contributed by atoms with van der Waals surface area (Å²) in [7, 11) is 1.58. The van der Waals surface area contributed by atoms with Gasteiger partial charge in [0.05, 0.1) is 13.7 Å². The van der Waals surface area contributed by atoms with Crippen LogP contribution in [0.4, 0.5) is 0 Å². The predicted octanol–water partition coefficient (Wildman–Crippen LogP) is 3.30. The molecule has 0 aliphatic carbocycles. The lowest BCUT2D eigenvalue weighted by Gasteiger charge is -2.05. The number of Topliss-reactive ketones (excluding diaryl/α,β-unsaturated/α-hetero) is 2. The highest BCUT2D eigenvalue weighted by Gasteiger charge is 2.06. The molecule has 0 amide bonds. The fraction of sp³-hybridized carbons (Fsp3) is 0.222. The molecular weight excluding hydrogens is 280 g/mol. The first-order chi connectivity index (χ1) is 10.6. The van der Waals surface area contributed by atoms with Gasteiger partial charge in [0.25, 0.3) is 0 Å². The largest absolute Gasteiger partial charge is 0.497 e. The fourth-order valence-electron chi connectivity index (χ4n) is 1.96. The zero-order valence-electron chi connectivity index (χ0n) is 12.7. The van der Waals surface area contributed by atoms with Crippen molar-refractivity contribution in [2.45, 2.75) is 13.5 Å². The molecule has 0 atom stereocenters. The lowest BCUT2D eigenvalue weighted by Crippen LogP contribution is -2.09. The Morgan fingerprint density at radius 2 is 1.50 bits per heavy atom. The first-order valence-electron chi connectivity index (χ1n) is 6.95. The molecule has 2 aromatic carbocycles. The summed E-state index contributed by atoms with van der Waals surface area (Å²) >= 11 is 0. The van der Waals surface area contributed by atoms with Crippen LogP contribution in [0.5, 0.6) is 5.75 Å². The van der Waals surface area contributed by atoms with E-state index in [-0.39, 0.29) is 18.2 Å². The maximum absolute atomic E-state index is 12.0. The second-order valence-electron chi connectivity index (χ2n) is 4.90. The lowest BCUT2D eigenvalue weighted by molar-refractivity contribution is 0.0726. The molecule has 0 aromatic heterocycles. The van der Waals surface area contributed by atoms with Gasteiger partial charge in [0.1, 0.15) is 12.4 Å². The number of benzene rings is 2. The van der Waals surface area contributed by atoms with E-state index in [2.05, 4.69) is 0 Å². The van der Waals surface area contributed by atoms with Crippen molar-refractivity contribution >= 4 is 11.6 Å². The van der Waals surface area contributed by atoms with Gasteiger partial charge in [-0.25, -0.2) is 0 Å². The molecule has 2 rings (SSSR count). The molecule has 0 unspecified atom stereocenters. The molecule has 4 heteroatoms. The molecule has 0 radical (unpaired) electrons. The van der Waals surface area contributed by atoms with Crippen molar-refractivity contribution in [1.82, 2.24) is 0 Å². The highest BCUT2D eigenvalue weighted by molar-refractivity contribution is 5.97. The Morgan fingerprint density at radius 1 is 0.909 bits per heavy atom. The van der Waals surface area contributed by atoms with Crippen molar-refractivity contribution in [1.29, 1.82) is 0 Å². The molecule has 0 saturated heterocycles. The summed E-state index contributed by atoms with van der Waals surface area (Å²) in [6.07, 6.45) is 0. The van der Waals surface area contributed by atoms with Crippen LogP contribution >= 0.6 is 0 Å². The van der Waals surface area contributed by atoms with Crippen LogP contribution < -0.4 is 4.74 Å². The van der Waals surface area contributed by atoms with E-state index in [1.165, 1.54) is 6.92 Å². The van der Waals surface area contributed by atoms with Crippen LogP contribution in [0, 0.1) is 0 Å². The van der Waals surface area contributed by atoms with Gasteiger partial charge in [-0.3, -0.25) is 9.59 Å². The maximum Gasteiger partial charge on any atom is 0.188 e. The summed E-state index contributed by atoms with van der Waals surface area (Å²) in [6.45, 7) is 1.87. The molecule has 0 spiro atoms. The maximum atomic E-state index is 12.0. The first kappa shape index (κ1) is 15.9. The summed E-state index contributed by atoms with van der Waals surface area (Å²) in [4.78, 5) is 23.1. The molecule has 4 nitrogen and oxygen atoms in total. The number of ether oxygens (including phenoxy) is 2. The summed E-state index contributed by atoms with van der Waals surface area (Å²) in [5, 5.41) is 0. The van der Waals surface area contributed by atoms with Crippen LogP contribution in [-0.4, -0.2) is 25.3 Å². The summed E-state index contributed by atoms with van der Waals surface area (Å²) in [5.74, 6) is 0.660. The third-order valence-electron chi connectivity index (χ3n) is 3.27. The minimum atomic E-state index is -0.0805. The zero-order valence-corrected chi connectivity index (χ0v) is 12.7. The number of rotatable bonds is 7. The molecule has 0 heterocycles. The zero-order chi connectivity index (χ0) is 15.9. The smallest absolute Gasteiger partial charge is 0.188 e. The molecule has 2 aromatic rings. The Hall–Kier alpha value is -2.46. The Kier molecular flexibility index (Phi) is 5.44. The molecule has 0 aliphatic heterocycles. The normalized spacial score (nSPS) is 10.3. The van der Waals surface area contributed by atoms with E-state index >= 15 is 0 Å². The van der Waals surface area contributed by atoms with E-state index in [0.717, 1.165) is 5.56 Å². The SMILES string of the molecule is COc1ccc(C(=O)COCc2ccc(C(C)=O)cc2)cc1. The number of ketones is 2. The number of methoxy groups -OCH3 is 1. The van der Waals surface area contributed by atoms with Crippen molar-refractivity contribution in [2.75, 3.05) is 13.7 Å². The van der Waals surface area contributed by atoms with Crippen LogP contribution in [0.1, 0.15) is 33.2 Å². The Morgan fingerprint density at radius 3 is 2.05 bits per heavy atom. The Bertz CT molecular complexity index is 642. The average Bonchev–Trinajstić information content (AvgIpc) is 2.55. The molecule has 0 bridgehead atoms. The van der Waals surface area contributed by atoms with Crippen LogP contribution in [0.3, 0.4) is 0 Å². The molecule has 0 aliphatic rings. The second kappa shape index (κ2) is 7.52. The van der Waals surface area contributed by atoms with Crippen molar-refractivity contribution < 1.29 is 19.1 Å². The van der Waals surface area contributed by atoms with Crippen molar-refractivity contribution in [3.8, 4) is 5.75 Å². The number of hydrogen-bond acceptors (Lipinski definition) is 4. The molecule has 114 valence electrons. The molecular formula is C18H18O4. The van der Waals surface area contributed by atoms with Gasteiger partial charge in [-0.15, -0.1) is 0 Å². The third kappa shape index (κ3) is 4.27. The second-order valence-corrected chi connectivity index (χ2v) is 4.90. The quantitative estimate of drug-likeness (QED) is 0.736. The monoisotopic (exact) mass is 298 g/mol. The van der Waals surface area contributed by atoms with E-state index < -0.39 is 0 Å². The van der Waals surface area contributed by atoms with Gasteiger partial charge in [0, 0.05) is 11.1 Å². The number of carbonyl (C=O) groups excluding carboxylic acids is 2. The Balaban J connectivity index is 1.84. The van der Waals surface area contributed by atoms with E-state index in [1.807, 2.05) is 12.1 Å². The van der Waals surface area contributed by atoms with Gasteiger partial charge in [0.15, 0.2) is 11.6 Å². The van der Waals surface area contributed by atoms with Gasteiger partial charge in [0.2, 0.25) is 0 Å². The standard InChI is InChI=1S/C18H18O4/c1-13(19)15-5-3-14(4-6-15)11-22-12-18(20)16-7-9-17(21-2)10-8-16/h3-10H,11-12H2,1-2H3.